The second kappa shape index (κ2) is 6.50. The Hall–Kier alpha value is -1.58. The van der Waals surface area contributed by atoms with Gasteiger partial charge < -0.3 is 9.73 Å². The van der Waals surface area contributed by atoms with Gasteiger partial charge in [0.1, 0.15) is 11.5 Å². The fourth-order valence-corrected chi connectivity index (χ4v) is 4.32. The molecule has 2 unspecified atom stereocenters. The Morgan fingerprint density at radius 2 is 1.78 bits per heavy atom. The van der Waals surface area contributed by atoms with Crippen molar-refractivity contribution in [1.29, 1.82) is 0 Å². The van der Waals surface area contributed by atoms with E-state index in [0.717, 1.165) is 36.7 Å². The predicted molar refractivity (Wildman–Crippen MR) is 92.1 cm³/mol. The van der Waals surface area contributed by atoms with Crippen molar-refractivity contribution in [2.24, 2.45) is 0 Å². The number of fused-ring (bicyclic) bond motifs is 2. The lowest BCUT2D eigenvalue weighted by Gasteiger charge is -2.39. The van der Waals surface area contributed by atoms with Crippen LogP contribution in [-0.4, -0.2) is 23.0 Å². The highest BCUT2D eigenvalue weighted by atomic mass is 16.3. The lowest BCUT2D eigenvalue weighted by molar-refractivity contribution is 0.108. The number of hydrogen-bond acceptors (Lipinski definition) is 3. The van der Waals surface area contributed by atoms with Crippen molar-refractivity contribution in [3.05, 3.63) is 59.5 Å². The highest BCUT2D eigenvalue weighted by Crippen LogP contribution is 2.36. The Balaban J connectivity index is 1.34. The molecule has 23 heavy (non-hydrogen) atoms. The van der Waals surface area contributed by atoms with Crippen molar-refractivity contribution in [3.63, 3.8) is 0 Å². The molecule has 2 bridgehead atoms. The first kappa shape index (κ1) is 15.0. The normalized spacial score (nSPS) is 27.4. The van der Waals surface area contributed by atoms with E-state index in [1.165, 1.54) is 31.2 Å². The van der Waals surface area contributed by atoms with Crippen LogP contribution in [-0.2, 0) is 13.1 Å². The minimum absolute atomic E-state index is 0.630. The van der Waals surface area contributed by atoms with Crippen LogP contribution in [0, 0.1) is 6.92 Å². The molecule has 3 heteroatoms. The van der Waals surface area contributed by atoms with E-state index in [1.54, 1.807) is 0 Å². The molecule has 0 amide bonds. The summed E-state index contributed by atoms with van der Waals surface area (Å²) >= 11 is 0. The molecule has 3 nitrogen and oxygen atoms in total. The average Bonchev–Trinajstić information content (AvgIpc) is 3.07. The zero-order valence-electron chi connectivity index (χ0n) is 13.9. The minimum atomic E-state index is 0.630. The molecule has 1 aromatic heterocycles. The number of nitrogens with zero attached hydrogens (tertiary/aromatic N) is 1. The van der Waals surface area contributed by atoms with Crippen LogP contribution in [0.5, 0.6) is 0 Å². The number of piperidine rings is 1. The largest absolute Gasteiger partial charge is 0.465 e. The number of hydrogen-bond donors (Lipinski definition) is 1. The maximum absolute atomic E-state index is 5.67. The van der Waals surface area contributed by atoms with Gasteiger partial charge in [-0.25, -0.2) is 0 Å². The Bertz CT molecular complexity index is 622. The molecule has 1 aromatic carbocycles. The van der Waals surface area contributed by atoms with Gasteiger partial charge in [0.05, 0.1) is 6.54 Å². The van der Waals surface area contributed by atoms with Crippen molar-refractivity contribution in [2.75, 3.05) is 0 Å². The van der Waals surface area contributed by atoms with E-state index in [9.17, 15) is 0 Å². The fourth-order valence-electron chi connectivity index (χ4n) is 4.32. The lowest BCUT2D eigenvalue weighted by atomic mass is 9.96. The number of benzene rings is 1. The lowest BCUT2D eigenvalue weighted by Crippen LogP contribution is -2.48. The summed E-state index contributed by atoms with van der Waals surface area (Å²) in [6.45, 7) is 3.97. The number of rotatable bonds is 5. The van der Waals surface area contributed by atoms with Gasteiger partial charge in [-0.15, -0.1) is 0 Å². The Morgan fingerprint density at radius 1 is 1.04 bits per heavy atom. The number of nitrogens with one attached hydrogen (secondary N) is 1. The number of aryl methyl sites for hydroxylation is 1. The van der Waals surface area contributed by atoms with E-state index < -0.39 is 0 Å². The van der Waals surface area contributed by atoms with Crippen molar-refractivity contribution in [3.8, 4) is 0 Å². The van der Waals surface area contributed by atoms with E-state index in [1.807, 2.05) is 13.0 Å². The third kappa shape index (κ3) is 3.36. The molecule has 2 fully saturated rings. The third-order valence-corrected chi connectivity index (χ3v) is 5.45. The molecule has 122 valence electrons. The summed E-state index contributed by atoms with van der Waals surface area (Å²) in [4.78, 5) is 2.74. The van der Waals surface area contributed by atoms with Gasteiger partial charge in [0.15, 0.2) is 0 Å². The van der Waals surface area contributed by atoms with Crippen molar-refractivity contribution in [1.82, 2.24) is 10.2 Å². The van der Waals surface area contributed by atoms with Crippen LogP contribution in [0.25, 0.3) is 0 Å². The quantitative estimate of drug-likeness (QED) is 0.908. The summed E-state index contributed by atoms with van der Waals surface area (Å²) < 4.78 is 5.67. The molecule has 2 aromatic rings. The van der Waals surface area contributed by atoms with Gasteiger partial charge in [0, 0.05) is 24.7 Å². The summed E-state index contributed by atoms with van der Waals surface area (Å²) in [6, 6.07) is 17.1. The maximum Gasteiger partial charge on any atom is 0.117 e. The summed E-state index contributed by atoms with van der Waals surface area (Å²) in [7, 11) is 0. The Kier molecular flexibility index (Phi) is 4.23. The zero-order valence-corrected chi connectivity index (χ0v) is 13.9. The standard InChI is InChI=1S/C20H26N2O/c1-15-7-10-20(23-15)13-21-17-11-18-8-9-19(12-17)22(18)14-16-5-3-2-4-6-16/h2-7,10,17-19,21H,8-9,11-14H2,1H3. The summed E-state index contributed by atoms with van der Waals surface area (Å²) in [5.74, 6) is 2.06. The van der Waals surface area contributed by atoms with Crippen LogP contribution < -0.4 is 5.32 Å². The van der Waals surface area contributed by atoms with E-state index in [0.29, 0.717) is 6.04 Å². The molecule has 2 saturated heterocycles. The highest BCUT2D eigenvalue weighted by molar-refractivity contribution is 5.16. The number of furan rings is 1. The zero-order chi connectivity index (χ0) is 15.6. The Labute approximate surface area is 138 Å². The fraction of sp³-hybridized carbons (Fsp3) is 0.500. The molecular formula is C20H26N2O. The first-order chi connectivity index (χ1) is 11.3. The van der Waals surface area contributed by atoms with E-state index >= 15 is 0 Å². The topological polar surface area (TPSA) is 28.4 Å². The average molecular weight is 310 g/mol. The maximum atomic E-state index is 5.67. The van der Waals surface area contributed by atoms with Crippen LogP contribution in [0.3, 0.4) is 0 Å². The van der Waals surface area contributed by atoms with E-state index in [2.05, 4.69) is 46.6 Å². The molecule has 0 radical (unpaired) electrons. The molecule has 4 rings (SSSR count). The first-order valence-corrected chi connectivity index (χ1v) is 8.86. The van der Waals surface area contributed by atoms with Crippen LogP contribution in [0.4, 0.5) is 0 Å². The third-order valence-electron chi connectivity index (χ3n) is 5.45. The molecule has 0 saturated carbocycles. The van der Waals surface area contributed by atoms with Gasteiger partial charge in [-0.3, -0.25) is 4.90 Å². The monoisotopic (exact) mass is 310 g/mol. The van der Waals surface area contributed by atoms with Crippen LogP contribution in [0.2, 0.25) is 0 Å². The second-order valence-corrected chi connectivity index (χ2v) is 7.10. The van der Waals surface area contributed by atoms with E-state index in [-0.39, 0.29) is 0 Å². The molecule has 3 heterocycles. The SMILES string of the molecule is Cc1ccc(CNC2CC3CCC(C2)N3Cc2ccccc2)o1. The predicted octanol–water partition coefficient (Wildman–Crippen LogP) is 3.87. The molecule has 0 spiro atoms. The minimum Gasteiger partial charge on any atom is -0.465 e. The van der Waals surface area contributed by atoms with Crippen LogP contribution in [0.15, 0.2) is 46.9 Å². The summed E-state index contributed by atoms with van der Waals surface area (Å²) in [5.41, 5.74) is 1.45. The van der Waals surface area contributed by atoms with Gasteiger partial charge in [0.25, 0.3) is 0 Å². The van der Waals surface area contributed by atoms with Gasteiger partial charge in [0.2, 0.25) is 0 Å². The van der Waals surface area contributed by atoms with E-state index in [4.69, 9.17) is 4.42 Å². The van der Waals surface area contributed by atoms with Crippen molar-refractivity contribution < 1.29 is 4.42 Å². The van der Waals surface area contributed by atoms with Gasteiger partial charge in [-0.2, -0.15) is 0 Å². The molecule has 2 atom stereocenters. The highest BCUT2D eigenvalue weighted by Gasteiger charge is 2.40. The molecule has 2 aliphatic rings. The Morgan fingerprint density at radius 3 is 2.43 bits per heavy atom. The van der Waals surface area contributed by atoms with Gasteiger partial charge >= 0.3 is 0 Å². The summed E-state index contributed by atoms with van der Waals surface area (Å²) in [6.07, 6.45) is 5.25. The second-order valence-electron chi connectivity index (χ2n) is 7.10. The summed E-state index contributed by atoms with van der Waals surface area (Å²) in [5, 5.41) is 3.72. The first-order valence-electron chi connectivity index (χ1n) is 8.86. The van der Waals surface area contributed by atoms with Crippen LogP contribution in [0.1, 0.15) is 42.8 Å². The van der Waals surface area contributed by atoms with Crippen molar-refractivity contribution in [2.45, 2.75) is 63.8 Å². The van der Waals surface area contributed by atoms with Crippen LogP contribution >= 0.6 is 0 Å². The van der Waals surface area contributed by atoms with Crippen molar-refractivity contribution >= 4 is 0 Å². The molecule has 1 N–H and O–H groups in total. The smallest absolute Gasteiger partial charge is 0.117 e. The van der Waals surface area contributed by atoms with Gasteiger partial charge in [-0.05, 0) is 50.3 Å². The molecule has 0 aliphatic carbocycles. The van der Waals surface area contributed by atoms with Gasteiger partial charge in [-0.1, -0.05) is 30.3 Å². The molecular weight excluding hydrogens is 284 g/mol. The molecule has 2 aliphatic heterocycles.